The number of pyridine rings is 1. The molecule has 7 nitrogen and oxygen atoms in total. The Morgan fingerprint density at radius 2 is 1.69 bits per heavy atom. The number of sulfonamides is 1. The number of carbonyl (C=O) groups excluding carboxylic acids is 1. The lowest BCUT2D eigenvalue weighted by atomic mass is 10.2. The van der Waals surface area contributed by atoms with Gasteiger partial charge in [-0.15, -0.1) is 0 Å². The van der Waals surface area contributed by atoms with Crippen LogP contribution in [0.5, 0.6) is 0 Å². The summed E-state index contributed by atoms with van der Waals surface area (Å²) in [5.74, 6) is -0.262. The van der Waals surface area contributed by atoms with Crippen LogP contribution in [0.1, 0.15) is 38.1 Å². The molecule has 2 aromatic rings. The van der Waals surface area contributed by atoms with Crippen LogP contribution in [0.2, 0.25) is 0 Å². The van der Waals surface area contributed by atoms with Gasteiger partial charge in [-0.2, -0.15) is 4.31 Å². The molecule has 2 unspecified atom stereocenters. The third-order valence-corrected chi connectivity index (χ3v) is 6.42. The van der Waals surface area contributed by atoms with E-state index in [2.05, 4.69) is 4.99 Å². The molecular formula is C21H27N3O4S. The van der Waals surface area contributed by atoms with E-state index in [-0.39, 0.29) is 29.1 Å². The van der Waals surface area contributed by atoms with Crippen molar-refractivity contribution < 1.29 is 17.9 Å². The fraction of sp³-hybridized carbons (Fsp3) is 0.429. The molecule has 1 aliphatic rings. The molecular weight excluding hydrogens is 390 g/mol. The summed E-state index contributed by atoms with van der Waals surface area (Å²) < 4.78 is 34.5. The van der Waals surface area contributed by atoms with E-state index in [1.807, 2.05) is 33.8 Å². The molecule has 1 saturated heterocycles. The van der Waals surface area contributed by atoms with Gasteiger partial charge in [-0.3, -0.25) is 14.4 Å². The van der Waals surface area contributed by atoms with Gasteiger partial charge in [0.1, 0.15) is 5.49 Å². The van der Waals surface area contributed by atoms with E-state index in [9.17, 15) is 13.2 Å². The van der Waals surface area contributed by atoms with Crippen molar-refractivity contribution >= 4 is 15.9 Å². The number of ether oxygens (including phenoxy) is 1. The normalized spacial score (nSPS) is 21.5. The van der Waals surface area contributed by atoms with E-state index in [0.717, 1.165) is 0 Å². The second kappa shape index (κ2) is 8.61. The van der Waals surface area contributed by atoms with Gasteiger partial charge in [0.2, 0.25) is 10.0 Å². The highest BCUT2D eigenvalue weighted by atomic mass is 32.2. The first-order valence-electron chi connectivity index (χ1n) is 9.70. The Morgan fingerprint density at radius 1 is 1.07 bits per heavy atom. The zero-order chi connectivity index (χ0) is 21.2. The number of morpholine rings is 1. The number of aromatic nitrogens is 1. The largest absolute Gasteiger partial charge is 0.373 e. The average Bonchev–Trinajstić information content (AvgIpc) is 2.67. The van der Waals surface area contributed by atoms with Crippen molar-refractivity contribution in [2.75, 3.05) is 13.1 Å². The molecule has 29 heavy (non-hydrogen) atoms. The Morgan fingerprint density at radius 3 is 2.28 bits per heavy atom. The van der Waals surface area contributed by atoms with Crippen LogP contribution in [0, 0.1) is 0 Å². The van der Waals surface area contributed by atoms with E-state index < -0.39 is 10.0 Å². The second-order valence-electron chi connectivity index (χ2n) is 7.56. The summed E-state index contributed by atoms with van der Waals surface area (Å²) in [6.07, 6.45) is 1.34. The lowest BCUT2D eigenvalue weighted by Crippen LogP contribution is -2.48. The molecule has 1 fully saturated rings. The molecule has 1 aromatic carbocycles. The van der Waals surface area contributed by atoms with Crippen molar-refractivity contribution in [3.8, 4) is 0 Å². The summed E-state index contributed by atoms with van der Waals surface area (Å²) in [5, 5.41) is 0. The molecule has 0 aliphatic carbocycles. The fourth-order valence-corrected chi connectivity index (χ4v) is 4.95. The standard InChI is InChI=1S/C21H27N3O4S/c1-15(2)22-20-7-5-6-12-24(20)21(25)18-8-10-19(11-9-18)29(26,27)23-13-16(3)28-17(4)14-23/h5-12,15-17H,13-14H2,1-4H3. The van der Waals surface area contributed by atoms with Gasteiger partial charge in [0.25, 0.3) is 5.91 Å². The zero-order valence-corrected chi connectivity index (χ0v) is 18.0. The van der Waals surface area contributed by atoms with Crippen LogP contribution in [-0.4, -0.2) is 54.5 Å². The Hall–Kier alpha value is -2.29. The third kappa shape index (κ3) is 4.83. The van der Waals surface area contributed by atoms with Crippen LogP contribution in [0.4, 0.5) is 0 Å². The van der Waals surface area contributed by atoms with E-state index in [1.165, 1.54) is 21.0 Å². The van der Waals surface area contributed by atoms with E-state index >= 15 is 0 Å². The Kier molecular flexibility index (Phi) is 6.36. The molecule has 0 bridgehead atoms. The summed E-state index contributed by atoms with van der Waals surface area (Å²) >= 11 is 0. The predicted molar refractivity (Wildman–Crippen MR) is 110 cm³/mol. The van der Waals surface area contributed by atoms with Crippen molar-refractivity contribution in [3.63, 3.8) is 0 Å². The highest BCUT2D eigenvalue weighted by Gasteiger charge is 2.32. The summed E-state index contributed by atoms with van der Waals surface area (Å²) in [6, 6.07) is 11.5. The first-order chi connectivity index (χ1) is 13.7. The molecule has 0 radical (unpaired) electrons. The van der Waals surface area contributed by atoms with Crippen molar-refractivity contribution in [2.24, 2.45) is 4.99 Å². The van der Waals surface area contributed by atoms with Gasteiger partial charge < -0.3 is 4.74 Å². The molecule has 8 heteroatoms. The Bertz CT molecular complexity index is 1030. The highest BCUT2D eigenvalue weighted by molar-refractivity contribution is 7.89. The molecule has 3 rings (SSSR count). The van der Waals surface area contributed by atoms with Crippen LogP contribution in [0.3, 0.4) is 0 Å². The minimum Gasteiger partial charge on any atom is -0.373 e. The number of carbonyl (C=O) groups is 1. The van der Waals surface area contributed by atoms with Crippen molar-refractivity contribution in [1.29, 1.82) is 0 Å². The molecule has 0 saturated carbocycles. The number of benzene rings is 1. The first-order valence-corrected chi connectivity index (χ1v) is 11.1. The summed E-state index contributed by atoms with van der Waals surface area (Å²) in [7, 11) is -3.64. The minimum atomic E-state index is -3.64. The van der Waals surface area contributed by atoms with Crippen LogP contribution in [-0.2, 0) is 14.8 Å². The number of hydrogen-bond donors (Lipinski definition) is 0. The van der Waals surface area contributed by atoms with Crippen molar-refractivity contribution in [2.45, 2.75) is 50.8 Å². The fourth-order valence-electron chi connectivity index (χ4n) is 3.36. The predicted octanol–water partition coefficient (Wildman–Crippen LogP) is 2.28. The van der Waals surface area contributed by atoms with E-state index in [0.29, 0.717) is 24.1 Å². The quantitative estimate of drug-likeness (QED) is 0.764. The molecule has 156 valence electrons. The van der Waals surface area contributed by atoms with Gasteiger partial charge in [-0.25, -0.2) is 8.42 Å². The number of nitrogens with zero attached hydrogens (tertiary/aromatic N) is 3. The summed E-state index contributed by atoms with van der Waals surface area (Å²) in [6.45, 7) is 8.22. The average molecular weight is 418 g/mol. The van der Waals surface area contributed by atoms with Gasteiger partial charge in [-0.05, 0) is 64.1 Å². The van der Waals surface area contributed by atoms with Gasteiger partial charge in [-0.1, -0.05) is 6.07 Å². The number of rotatable bonds is 4. The lowest BCUT2D eigenvalue weighted by molar-refractivity contribution is -0.0440. The maximum atomic E-state index is 13.0. The smallest absolute Gasteiger partial charge is 0.263 e. The van der Waals surface area contributed by atoms with Crippen LogP contribution in [0.25, 0.3) is 0 Å². The van der Waals surface area contributed by atoms with Crippen LogP contribution >= 0.6 is 0 Å². The molecule has 0 amide bonds. The van der Waals surface area contributed by atoms with Crippen molar-refractivity contribution in [1.82, 2.24) is 8.87 Å². The summed E-state index contributed by atoms with van der Waals surface area (Å²) in [4.78, 5) is 17.6. The third-order valence-electron chi connectivity index (χ3n) is 4.57. The van der Waals surface area contributed by atoms with Crippen LogP contribution in [0.15, 0.2) is 58.5 Å². The van der Waals surface area contributed by atoms with Gasteiger partial charge in [0, 0.05) is 30.9 Å². The maximum Gasteiger partial charge on any atom is 0.263 e. The van der Waals surface area contributed by atoms with Gasteiger partial charge in [0.15, 0.2) is 0 Å². The summed E-state index contributed by atoms with van der Waals surface area (Å²) in [5.41, 5.74) is 0.949. The molecule has 0 N–H and O–H groups in total. The van der Waals surface area contributed by atoms with Gasteiger partial charge >= 0.3 is 0 Å². The highest BCUT2D eigenvalue weighted by Crippen LogP contribution is 2.21. The van der Waals surface area contributed by atoms with E-state index in [1.54, 1.807) is 30.5 Å². The topological polar surface area (TPSA) is 81.0 Å². The van der Waals surface area contributed by atoms with E-state index in [4.69, 9.17) is 4.74 Å². The van der Waals surface area contributed by atoms with Gasteiger partial charge in [0.05, 0.1) is 17.1 Å². The SMILES string of the molecule is CC(C)N=c1ccccn1C(=O)c1ccc(S(=O)(=O)N2CC(C)OC(C)C2)cc1. The monoisotopic (exact) mass is 417 g/mol. The van der Waals surface area contributed by atoms with Crippen LogP contribution < -0.4 is 5.49 Å². The maximum absolute atomic E-state index is 13.0. The first kappa shape index (κ1) is 21.4. The lowest BCUT2D eigenvalue weighted by Gasteiger charge is -2.34. The molecule has 2 atom stereocenters. The molecule has 2 heterocycles. The molecule has 1 aliphatic heterocycles. The zero-order valence-electron chi connectivity index (χ0n) is 17.1. The van der Waals surface area contributed by atoms with Crippen molar-refractivity contribution in [3.05, 3.63) is 59.7 Å². The minimum absolute atomic E-state index is 0.0438. The number of hydrogen-bond acceptors (Lipinski definition) is 5. The Balaban J connectivity index is 1.88. The molecule has 1 aromatic heterocycles. The second-order valence-corrected chi connectivity index (χ2v) is 9.50. The Labute approximate surface area is 171 Å². The molecule has 0 spiro atoms.